The van der Waals surface area contributed by atoms with E-state index in [0.29, 0.717) is 0 Å². The minimum absolute atomic E-state index is 0.108. The molecule has 0 saturated carbocycles. The molecule has 0 N–H and O–H groups in total. The molecule has 2 amide bonds. The third-order valence-corrected chi connectivity index (χ3v) is 7.43. The van der Waals surface area contributed by atoms with Gasteiger partial charge in [0.2, 0.25) is 11.8 Å². The Morgan fingerprint density at radius 1 is 0.759 bits per heavy atom. The monoisotopic (exact) mass is 399 g/mol. The number of benzene rings is 3. The Morgan fingerprint density at radius 3 is 1.93 bits per heavy atom. The van der Waals surface area contributed by atoms with Gasteiger partial charge in [0.05, 0.1) is 18.4 Å². The highest BCUT2D eigenvalue weighted by Gasteiger charge is 2.67. The Balaban J connectivity index is 1.55. The van der Waals surface area contributed by atoms with Gasteiger partial charge in [-0.1, -0.05) is 78.9 Å². The highest BCUT2D eigenvalue weighted by Crippen LogP contribution is 2.65. The van der Waals surface area contributed by atoms with E-state index in [4.69, 9.17) is 11.6 Å². The zero-order valence-electron chi connectivity index (χ0n) is 15.6. The summed E-state index contributed by atoms with van der Waals surface area (Å²) in [7, 11) is 0. The number of imide groups is 1. The van der Waals surface area contributed by atoms with E-state index in [1.54, 1.807) is 0 Å². The fraction of sp³-hybridized carbons (Fsp3) is 0.200. The summed E-state index contributed by atoms with van der Waals surface area (Å²) < 4.78 is 0. The molecule has 3 nitrogen and oxygen atoms in total. The summed E-state index contributed by atoms with van der Waals surface area (Å²) in [5.41, 5.74) is 5.03. The molecule has 0 unspecified atom stereocenters. The number of halogens is 1. The van der Waals surface area contributed by atoms with Gasteiger partial charge in [0.25, 0.3) is 0 Å². The first-order chi connectivity index (χ1) is 14.1. The third kappa shape index (κ3) is 2.03. The zero-order valence-corrected chi connectivity index (χ0v) is 16.3. The van der Waals surface area contributed by atoms with Crippen LogP contribution < -0.4 is 0 Å². The van der Waals surface area contributed by atoms with E-state index < -0.39 is 16.7 Å². The van der Waals surface area contributed by atoms with Gasteiger partial charge in [-0.25, -0.2) is 0 Å². The van der Waals surface area contributed by atoms with E-state index in [1.807, 2.05) is 66.7 Å². The summed E-state index contributed by atoms with van der Waals surface area (Å²) in [5.74, 6) is -1.43. The van der Waals surface area contributed by atoms with Crippen molar-refractivity contribution in [3.8, 4) is 0 Å². The third-order valence-electron chi connectivity index (χ3n) is 6.79. The molecule has 1 aliphatic heterocycles. The van der Waals surface area contributed by atoms with Crippen LogP contribution in [0.1, 0.15) is 33.7 Å². The van der Waals surface area contributed by atoms with Crippen LogP contribution in [-0.4, -0.2) is 16.7 Å². The number of likely N-dealkylation sites (tertiary alicyclic amines) is 1. The van der Waals surface area contributed by atoms with Gasteiger partial charge in [0, 0.05) is 5.92 Å². The molecule has 4 heteroatoms. The van der Waals surface area contributed by atoms with Crippen molar-refractivity contribution in [2.45, 2.75) is 17.3 Å². The van der Waals surface area contributed by atoms with Gasteiger partial charge in [-0.05, 0) is 27.8 Å². The second-order valence-electron chi connectivity index (χ2n) is 8.12. The molecule has 1 saturated heterocycles. The highest BCUT2D eigenvalue weighted by atomic mass is 35.5. The molecular formula is C25H18ClNO2. The quantitative estimate of drug-likeness (QED) is 0.472. The van der Waals surface area contributed by atoms with Crippen molar-refractivity contribution in [3.63, 3.8) is 0 Å². The normalized spacial score (nSPS) is 28.9. The molecule has 4 aliphatic rings. The van der Waals surface area contributed by atoms with E-state index in [1.165, 1.54) is 4.90 Å². The average Bonchev–Trinajstić information content (AvgIpc) is 3.01. The minimum atomic E-state index is -1.01. The minimum Gasteiger partial charge on any atom is -0.278 e. The van der Waals surface area contributed by atoms with Crippen molar-refractivity contribution in [1.29, 1.82) is 0 Å². The van der Waals surface area contributed by atoms with Gasteiger partial charge >= 0.3 is 0 Å². The fourth-order valence-corrected chi connectivity index (χ4v) is 6.23. The van der Waals surface area contributed by atoms with Gasteiger partial charge in [-0.15, -0.1) is 11.6 Å². The number of amides is 2. The van der Waals surface area contributed by atoms with Crippen LogP contribution >= 0.6 is 11.6 Å². The summed E-state index contributed by atoms with van der Waals surface area (Å²) in [6, 6.07) is 25.7. The predicted molar refractivity (Wildman–Crippen MR) is 110 cm³/mol. The number of hydrogen-bond donors (Lipinski definition) is 0. The molecule has 1 heterocycles. The van der Waals surface area contributed by atoms with Crippen LogP contribution in [0.3, 0.4) is 0 Å². The Morgan fingerprint density at radius 2 is 1.31 bits per heavy atom. The van der Waals surface area contributed by atoms with Crippen LogP contribution in [0.4, 0.5) is 0 Å². The second-order valence-corrected chi connectivity index (χ2v) is 8.71. The van der Waals surface area contributed by atoms with Gasteiger partial charge in [-0.2, -0.15) is 0 Å². The van der Waals surface area contributed by atoms with Crippen molar-refractivity contribution in [2.24, 2.45) is 11.8 Å². The molecule has 1 fully saturated rings. The first-order valence-corrected chi connectivity index (χ1v) is 10.3. The summed E-state index contributed by atoms with van der Waals surface area (Å²) in [4.78, 5) is 27.6. The second kappa shape index (κ2) is 5.80. The molecule has 0 radical (unpaired) electrons. The molecule has 7 rings (SSSR count). The van der Waals surface area contributed by atoms with E-state index in [0.717, 1.165) is 27.8 Å². The van der Waals surface area contributed by atoms with Crippen molar-refractivity contribution >= 4 is 23.4 Å². The SMILES string of the molecule is O=C1[C@@H]2[C@@H](C(=O)N1Cc1ccccc1)C1c3ccccc3C2(Cl)c2ccccc21. The van der Waals surface area contributed by atoms with Gasteiger partial charge in [0.1, 0.15) is 4.87 Å². The lowest BCUT2D eigenvalue weighted by Crippen LogP contribution is -2.50. The topological polar surface area (TPSA) is 37.4 Å². The summed E-state index contributed by atoms with van der Waals surface area (Å²) >= 11 is 7.39. The molecule has 29 heavy (non-hydrogen) atoms. The first-order valence-electron chi connectivity index (χ1n) is 9.89. The maximum atomic E-state index is 13.6. The smallest absolute Gasteiger partial charge is 0.235 e. The summed E-state index contributed by atoms with van der Waals surface area (Å²) in [6.07, 6.45) is 0. The Hall–Kier alpha value is -2.91. The summed E-state index contributed by atoms with van der Waals surface area (Å²) in [5, 5.41) is 0. The molecule has 2 bridgehead atoms. The van der Waals surface area contributed by atoms with E-state index >= 15 is 0 Å². The lowest BCUT2D eigenvalue weighted by molar-refractivity contribution is -0.140. The van der Waals surface area contributed by atoms with Crippen molar-refractivity contribution in [2.75, 3.05) is 0 Å². The van der Waals surface area contributed by atoms with Crippen molar-refractivity contribution in [1.82, 2.24) is 4.90 Å². The maximum Gasteiger partial charge on any atom is 0.235 e. The maximum absolute atomic E-state index is 13.6. The van der Waals surface area contributed by atoms with E-state index in [2.05, 4.69) is 12.1 Å². The summed E-state index contributed by atoms with van der Waals surface area (Å²) in [6.45, 7) is 0.290. The van der Waals surface area contributed by atoms with E-state index in [-0.39, 0.29) is 24.3 Å². The van der Waals surface area contributed by atoms with Crippen molar-refractivity contribution in [3.05, 3.63) is 107 Å². The van der Waals surface area contributed by atoms with Crippen LogP contribution in [0.25, 0.3) is 0 Å². The Labute approximate surface area is 173 Å². The Bertz CT molecular complexity index is 1120. The fourth-order valence-electron chi connectivity index (χ4n) is 5.66. The largest absolute Gasteiger partial charge is 0.278 e. The zero-order chi connectivity index (χ0) is 19.8. The lowest BCUT2D eigenvalue weighted by Gasteiger charge is -2.50. The standard InChI is InChI=1S/C25H18ClNO2/c26-25-18-12-6-4-10-16(18)20(17-11-5-7-13-19(17)25)21-22(25)24(29)27(23(21)28)14-15-8-2-1-3-9-15/h1-13,20-22H,14H2/t20?,21-,22-,25?/m0/s1. The number of nitrogens with zero attached hydrogens (tertiary/aromatic N) is 1. The van der Waals surface area contributed by atoms with Crippen molar-refractivity contribution < 1.29 is 9.59 Å². The van der Waals surface area contributed by atoms with Crippen LogP contribution in [0.2, 0.25) is 0 Å². The molecular weight excluding hydrogens is 382 g/mol. The molecule has 2 atom stereocenters. The van der Waals surface area contributed by atoms with E-state index in [9.17, 15) is 9.59 Å². The number of carbonyl (C=O) groups is 2. The van der Waals surface area contributed by atoms with Crippen LogP contribution in [0, 0.1) is 11.8 Å². The molecule has 0 aromatic heterocycles. The molecule has 3 aromatic carbocycles. The van der Waals surface area contributed by atoms with Crippen LogP contribution in [-0.2, 0) is 21.0 Å². The number of hydrogen-bond acceptors (Lipinski definition) is 2. The first kappa shape index (κ1) is 17.0. The number of rotatable bonds is 2. The highest BCUT2D eigenvalue weighted by molar-refractivity contribution is 6.30. The van der Waals surface area contributed by atoms with Gasteiger partial charge in [0.15, 0.2) is 0 Å². The van der Waals surface area contributed by atoms with Gasteiger partial charge in [-0.3, -0.25) is 14.5 Å². The predicted octanol–water partition coefficient (Wildman–Crippen LogP) is 4.43. The Kier molecular flexibility index (Phi) is 3.40. The van der Waals surface area contributed by atoms with Gasteiger partial charge < -0.3 is 0 Å². The molecule has 142 valence electrons. The van der Waals surface area contributed by atoms with Crippen LogP contribution in [0.15, 0.2) is 78.9 Å². The lowest BCUT2D eigenvalue weighted by atomic mass is 9.54. The molecule has 3 aliphatic carbocycles. The number of alkyl halides is 1. The molecule has 3 aromatic rings. The molecule has 0 spiro atoms. The average molecular weight is 400 g/mol. The number of carbonyl (C=O) groups excluding carboxylic acids is 2. The van der Waals surface area contributed by atoms with Crippen LogP contribution in [0.5, 0.6) is 0 Å².